The van der Waals surface area contributed by atoms with Gasteiger partial charge >= 0.3 is 5.97 Å². The number of carboxylic acid groups (broad SMARTS) is 1. The van der Waals surface area contributed by atoms with Gasteiger partial charge in [0.1, 0.15) is 18.1 Å². The fourth-order valence-corrected chi connectivity index (χ4v) is 4.82. The molecule has 0 radical (unpaired) electrons. The molecule has 3 amide bonds. The third-order valence-electron chi connectivity index (χ3n) is 6.36. The number of H-pyrrole nitrogens is 1. The number of aromatic nitrogens is 1. The first-order valence-corrected chi connectivity index (χ1v) is 14.8. The lowest BCUT2D eigenvalue weighted by molar-refractivity contribution is -0.142. The van der Waals surface area contributed by atoms with Gasteiger partial charge in [-0.15, -0.1) is 0 Å². The number of hydrogen-bond donors (Lipinski definition) is 6. The Kier molecular flexibility index (Phi) is 12.8. The van der Waals surface area contributed by atoms with Crippen LogP contribution in [0.15, 0.2) is 30.5 Å². The van der Waals surface area contributed by atoms with E-state index in [1.165, 1.54) is 11.8 Å². The molecule has 39 heavy (non-hydrogen) atoms. The number of benzene rings is 1. The number of aliphatic carboxylic acids is 1. The van der Waals surface area contributed by atoms with E-state index in [0.717, 1.165) is 16.5 Å². The number of aromatic amines is 1. The molecule has 1 aromatic carbocycles. The van der Waals surface area contributed by atoms with Crippen LogP contribution in [0.5, 0.6) is 0 Å². The molecule has 10 nitrogen and oxygen atoms in total. The maximum absolute atomic E-state index is 13.3. The summed E-state index contributed by atoms with van der Waals surface area (Å²) in [7, 11) is 0. The zero-order valence-corrected chi connectivity index (χ0v) is 24.3. The van der Waals surface area contributed by atoms with E-state index < -0.39 is 47.9 Å². The van der Waals surface area contributed by atoms with E-state index in [4.69, 9.17) is 5.73 Å². The fraction of sp³-hybridized carbons (Fsp3) is 0.571. The predicted molar refractivity (Wildman–Crippen MR) is 155 cm³/mol. The smallest absolute Gasteiger partial charge is 0.326 e. The Hall–Kier alpha value is -3.05. The molecule has 1 aromatic heterocycles. The van der Waals surface area contributed by atoms with Crippen molar-refractivity contribution in [1.29, 1.82) is 0 Å². The highest BCUT2D eigenvalue weighted by atomic mass is 32.2. The number of fused-ring (bicyclic) bond motifs is 1. The average Bonchev–Trinajstić information content (AvgIpc) is 3.27. The molecule has 0 saturated heterocycles. The molecule has 2 aromatic rings. The minimum Gasteiger partial charge on any atom is -0.480 e. The molecule has 1 heterocycles. The van der Waals surface area contributed by atoms with Crippen molar-refractivity contribution in [1.82, 2.24) is 20.9 Å². The van der Waals surface area contributed by atoms with Crippen LogP contribution in [0.2, 0.25) is 0 Å². The van der Waals surface area contributed by atoms with Crippen molar-refractivity contribution in [3.05, 3.63) is 36.0 Å². The summed E-state index contributed by atoms with van der Waals surface area (Å²) in [6.45, 7) is 7.68. The lowest BCUT2D eigenvalue weighted by Gasteiger charge is -2.27. The van der Waals surface area contributed by atoms with Crippen molar-refractivity contribution in [3.8, 4) is 0 Å². The minimum atomic E-state index is -1.12. The summed E-state index contributed by atoms with van der Waals surface area (Å²) in [4.78, 5) is 54.2. The van der Waals surface area contributed by atoms with E-state index in [2.05, 4.69) is 20.9 Å². The van der Waals surface area contributed by atoms with Crippen LogP contribution in [0.3, 0.4) is 0 Å². The Morgan fingerprint density at radius 3 is 1.97 bits per heavy atom. The first-order valence-electron chi connectivity index (χ1n) is 13.4. The number of hydrogen-bond acceptors (Lipinski definition) is 6. The summed E-state index contributed by atoms with van der Waals surface area (Å²) in [6, 6.07) is 3.96. The van der Waals surface area contributed by atoms with Crippen molar-refractivity contribution in [2.75, 3.05) is 12.0 Å². The molecule has 4 unspecified atom stereocenters. The summed E-state index contributed by atoms with van der Waals surface area (Å²) < 4.78 is 0. The van der Waals surface area contributed by atoms with Gasteiger partial charge in [-0.25, -0.2) is 4.79 Å². The van der Waals surface area contributed by atoms with E-state index >= 15 is 0 Å². The quantitative estimate of drug-likeness (QED) is 0.183. The molecule has 7 N–H and O–H groups in total. The lowest BCUT2D eigenvalue weighted by Crippen LogP contribution is -2.57. The monoisotopic (exact) mass is 561 g/mol. The third-order valence-corrected chi connectivity index (χ3v) is 7.00. The Balaban J connectivity index is 2.12. The predicted octanol–water partition coefficient (Wildman–Crippen LogP) is 2.42. The van der Waals surface area contributed by atoms with Crippen molar-refractivity contribution in [2.45, 2.75) is 77.5 Å². The number of carbonyl (C=O) groups is 4. The molecule has 11 heteroatoms. The molecule has 0 bridgehead atoms. The number of amides is 3. The normalized spacial score (nSPS) is 14.6. The summed E-state index contributed by atoms with van der Waals surface area (Å²) in [5.41, 5.74) is 8.09. The van der Waals surface area contributed by atoms with Gasteiger partial charge in [0.2, 0.25) is 17.7 Å². The minimum absolute atomic E-state index is 0.0539. The SMILES string of the molecule is CSCCC(NC(=O)C(CC(C)C)NC(=O)C(CC(C)C)NC(=O)C(N)Cc1c[nH]c2ccccc12)C(=O)O. The molecule has 0 aliphatic rings. The number of nitrogens with one attached hydrogen (secondary N) is 4. The summed E-state index contributed by atoms with van der Waals surface area (Å²) in [6.07, 6.45) is 4.91. The number of carbonyl (C=O) groups excluding carboxylic acids is 3. The van der Waals surface area contributed by atoms with E-state index in [1.807, 2.05) is 64.4 Å². The lowest BCUT2D eigenvalue weighted by atomic mass is 9.99. The van der Waals surface area contributed by atoms with Crippen LogP contribution in [0.25, 0.3) is 10.9 Å². The Morgan fingerprint density at radius 2 is 1.44 bits per heavy atom. The van der Waals surface area contributed by atoms with Crippen LogP contribution in [-0.2, 0) is 25.6 Å². The largest absolute Gasteiger partial charge is 0.480 e. The summed E-state index contributed by atoms with van der Waals surface area (Å²) in [5.74, 6) is -1.95. The van der Waals surface area contributed by atoms with Gasteiger partial charge in [-0.3, -0.25) is 14.4 Å². The van der Waals surface area contributed by atoms with E-state index in [-0.39, 0.29) is 24.7 Å². The van der Waals surface area contributed by atoms with Crippen molar-refractivity contribution in [3.63, 3.8) is 0 Å². The van der Waals surface area contributed by atoms with Gasteiger partial charge in [0.05, 0.1) is 6.04 Å². The molecular formula is C28H43N5O5S. The first kappa shape index (κ1) is 32.2. The topological polar surface area (TPSA) is 166 Å². The second-order valence-electron chi connectivity index (χ2n) is 10.7. The van der Waals surface area contributed by atoms with Gasteiger partial charge in [0, 0.05) is 17.1 Å². The zero-order valence-electron chi connectivity index (χ0n) is 23.5. The second-order valence-corrected chi connectivity index (χ2v) is 11.7. The van der Waals surface area contributed by atoms with Crippen LogP contribution >= 0.6 is 11.8 Å². The standard InChI is InChI=1S/C28H43N5O5S/c1-16(2)12-23(32-25(34)20(29)14-18-15-30-21-9-7-6-8-19(18)21)27(36)33-24(13-17(3)4)26(35)31-22(28(37)38)10-11-39-5/h6-9,15-17,20,22-24,30H,10-14,29H2,1-5H3,(H,31,35)(H,32,34)(H,33,36)(H,37,38). The highest BCUT2D eigenvalue weighted by molar-refractivity contribution is 7.98. The molecule has 4 atom stereocenters. The van der Waals surface area contributed by atoms with Crippen LogP contribution in [0.4, 0.5) is 0 Å². The molecule has 0 spiro atoms. The van der Waals surface area contributed by atoms with Crippen LogP contribution < -0.4 is 21.7 Å². The maximum atomic E-state index is 13.3. The molecule has 216 valence electrons. The molecule has 0 aliphatic heterocycles. The second kappa shape index (κ2) is 15.5. The average molecular weight is 562 g/mol. The van der Waals surface area contributed by atoms with Gasteiger partial charge in [-0.05, 0) is 61.2 Å². The highest BCUT2D eigenvalue weighted by Gasteiger charge is 2.31. The fourth-order valence-electron chi connectivity index (χ4n) is 4.35. The van der Waals surface area contributed by atoms with Crippen molar-refractivity contribution in [2.24, 2.45) is 17.6 Å². The first-order chi connectivity index (χ1) is 18.4. The van der Waals surface area contributed by atoms with E-state index in [0.29, 0.717) is 18.6 Å². The third kappa shape index (κ3) is 10.2. The molecular weight excluding hydrogens is 518 g/mol. The zero-order chi connectivity index (χ0) is 29.1. The number of nitrogens with two attached hydrogens (primary N) is 1. The number of rotatable bonds is 16. The van der Waals surface area contributed by atoms with Crippen molar-refractivity contribution < 1.29 is 24.3 Å². The van der Waals surface area contributed by atoms with E-state index in [1.54, 1.807) is 0 Å². The van der Waals surface area contributed by atoms with Gasteiger partial charge < -0.3 is 31.8 Å². The van der Waals surface area contributed by atoms with Crippen LogP contribution in [-0.4, -0.2) is 70.0 Å². The van der Waals surface area contributed by atoms with E-state index in [9.17, 15) is 24.3 Å². The Labute approximate surface area is 234 Å². The number of para-hydroxylation sites is 1. The number of thioether (sulfide) groups is 1. The van der Waals surface area contributed by atoms with Gasteiger partial charge in [0.25, 0.3) is 0 Å². The van der Waals surface area contributed by atoms with Gasteiger partial charge in [-0.1, -0.05) is 45.9 Å². The number of carboxylic acids is 1. The Morgan fingerprint density at radius 1 is 0.897 bits per heavy atom. The molecule has 0 aliphatic carbocycles. The summed E-state index contributed by atoms with van der Waals surface area (Å²) in [5, 5.41) is 18.6. The molecule has 0 saturated carbocycles. The molecule has 2 rings (SSSR count). The Bertz CT molecular complexity index is 1120. The van der Waals surface area contributed by atoms with Crippen LogP contribution in [0, 0.1) is 11.8 Å². The van der Waals surface area contributed by atoms with Crippen LogP contribution in [0.1, 0.15) is 52.5 Å². The van der Waals surface area contributed by atoms with Gasteiger partial charge in [-0.2, -0.15) is 11.8 Å². The maximum Gasteiger partial charge on any atom is 0.326 e. The summed E-state index contributed by atoms with van der Waals surface area (Å²) >= 11 is 1.49. The molecule has 0 fully saturated rings. The highest BCUT2D eigenvalue weighted by Crippen LogP contribution is 2.19. The van der Waals surface area contributed by atoms with Crippen molar-refractivity contribution >= 4 is 46.4 Å². The van der Waals surface area contributed by atoms with Gasteiger partial charge in [0.15, 0.2) is 0 Å².